The summed E-state index contributed by atoms with van der Waals surface area (Å²) in [5.74, 6) is 0.103. The molecule has 0 saturated carbocycles. The molecule has 1 atom stereocenters. The van der Waals surface area contributed by atoms with E-state index in [1.54, 1.807) is 12.1 Å². The van der Waals surface area contributed by atoms with Gasteiger partial charge in [-0.3, -0.25) is 0 Å². The van der Waals surface area contributed by atoms with Crippen molar-refractivity contribution >= 4 is 5.69 Å². The topological polar surface area (TPSA) is 35.8 Å². The summed E-state index contributed by atoms with van der Waals surface area (Å²) in [4.78, 5) is 0. The third-order valence-electron chi connectivity index (χ3n) is 2.35. The first kappa shape index (κ1) is 12.5. The molecule has 1 unspecified atom stereocenters. The Morgan fingerprint density at radius 1 is 1.38 bits per heavy atom. The first-order valence-corrected chi connectivity index (χ1v) is 5.49. The number of rotatable bonds is 4. The van der Waals surface area contributed by atoms with E-state index in [1.807, 2.05) is 13.0 Å². The maximum atomic E-state index is 13.3. The van der Waals surface area contributed by atoms with Gasteiger partial charge in [0.05, 0.1) is 5.69 Å². The summed E-state index contributed by atoms with van der Waals surface area (Å²) >= 11 is 0. The van der Waals surface area contributed by atoms with Crippen LogP contribution in [-0.2, 0) is 0 Å². The summed E-state index contributed by atoms with van der Waals surface area (Å²) in [5.41, 5.74) is 0.675. The van der Waals surface area contributed by atoms with Crippen LogP contribution < -0.4 is 5.32 Å². The molecular weight excluding hydrogens is 203 g/mol. The molecule has 0 radical (unpaired) electrons. The largest absolute Gasteiger partial charge is 0.381 e. The van der Waals surface area contributed by atoms with E-state index in [-0.39, 0.29) is 11.6 Å². The molecule has 86 valence electrons. The lowest BCUT2D eigenvalue weighted by Crippen LogP contribution is -2.18. The zero-order valence-electron chi connectivity index (χ0n) is 9.92. The van der Waals surface area contributed by atoms with E-state index in [9.17, 15) is 4.39 Å². The summed E-state index contributed by atoms with van der Waals surface area (Å²) in [7, 11) is 0. The summed E-state index contributed by atoms with van der Waals surface area (Å²) in [6.07, 6.45) is 0.987. The molecule has 0 amide bonds. The van der Waals surface area contributed by atoms with Crippen LogP contribution in [0.4, 0.5) is 10.1 Å². The quantitative estimate of drug-likeness (QED) is 0.842. The minimum absolute atomic E-state index is 0.0955. The van der Waals surface area contributed by atoms with Gasteiger partial charge in [0, 0.05) is 6.04 Å². The minimum atomic E-state index is -0.468. The highest BCUT2D eigenvalue weighted by molar-refractivity contribution is 5.58. The Morgan fingerprint density at radius 2 is 2.06 bits per heavy atom. The molecule has 2 nitrogen and oxygen atoms in total. The first-order valence-electron chi connectivity index (χ1n) is 5.49. The molecule has 0 aromatic heterocycles. The molecule has 0 saturated heterocycles. The van der Waals surface area contributed by atoms with Gasteiger partial charge in [0.1, 0.15) is 17.4 Å². The highest BCUT2D eigenvalue weighted by Crippen LogP contribution is 2.20. The van der Waals surface area contributed by atoms with Crippen molar-refractivity contribution in [1.29, 1.82) is 5.26 Å². The lowest BCUT2D eigenvalue weighted by molar-refractivity contribution is 0.539. The van der Waals surface area contributed by atoms with Crippen LogP contribution in [-0.4, -0.2) is 6.04 Å². The predicted molar refractivity (Wildman–Crippen MR) is 63.7 cm³/mol. The van der Waals surface area contributed by atoms with Crippen LogP contribution >= 0.6 is 0 Å². The molecule has 1 aromatic carbocycles. The Bertz CT molecular complexity index is 393. The molecular formula is C13H17FN2. The normalized spacial score (nSPS) is 12.2. The van der Waals surface area contributed by atoms with Gasteiger partial charge in [-0.05, 0) is 31.4 Å². The van der Waals surface area contributed by atoms with Crippen LogP contribution in [0, 0.1) is 23.1 Å². The molecule has 1 N–H and O–H groups in total. The number of nitrogens with one attached hydrogen (secondary N) is 1. The average molecular weight is 220 g/mol. The lowest BCUT2D eigenvalue weighted by atomic mass is 10.0. The Morgan fingerprint density at radius 3 is 2.62 bits per heavy atom. The van der Waals surface area contributed by atoms with Crippen molar-refractivity contribution in [3.63, 3.8) is 0 Å². The molecule has 0 aliphatic heterocycles. The van der Waals surface area contributed by atoms with Crippen molar-refractivity contribution in [2.24, 2.45) is 5.92 Å². The van der Waals surface area contributed by atoms with Gasteiger partial charge < -0.3 is 5.32 Å². The summed E-state index contributed by atoms with van der Waals surface area (Å²) in [6.45, 7) is 6.30. The molecule has 0 heterocycles. The van der Waals surface area contributed by atoms with Gasteiger partial charge in [-0.15, -0.1) is 0 Å². The van der Waals surface area contributed by atoms with Gasteiger partial charge in [0.2, 0.25) is 0 Å². The predicted octanol–water partition coefficient (Wildman–Crippen LogP) is 3.54. The molecule has 16 heavy (non-hydrogen) atoms. The summed E-state index contributed by atoms with van der Waals surface area (Å²) in [5, 5.41) is 12.0. The first-order chi connectivity index (χ1) is 7.54. The van der Waals surface area contributed by atoms with E-state index in [4.69, 9.17) is 5.26 Å². The van der Waals surface area contributed by atoms with E-state index in [1.165, 1.54) is 6.07 Å². The van der Waals surface area contributed by atoms with Gasteiger partial charge in [0.25, 0.3) is 0 Å². The van der Waals surface area contributed by atoms with Gasteiger partial charge in [-0.1, -0.05) is 19.9 Å². The van der Waals surface area contributed by atoms with Crippen LogP contribution in [0.25, 0.3) is 0 Å². The number of hydrogen-bond donors (Lipinski definition) is 1. The third-order valence-corrected chi connectivity index (χ3v) is 2.35. The number of hydrogen-bond acceptors (Lipinski definition) is 2. The molecule has 1 rings (SSSR count). The molecule has 0 aliphatic carbocycles. The SMILES string of the molecule is CC(C)CC(C)Nc1cccc(F)c1C#N. The van der Waals surface area contributed by atoms with E-state index in [2.05, 4.69) is 19.2 Å². The number of nitrogens with zero attached hydrogens (tertiary/aromatic N) is 1. The fourth-order valence-electron chi connectivity index (χ4n) is 1.79. The Kier molecular flexibility index (Phi) is 4.30. The Hall–Kier alpha value is -1.56. The molecule has 3 heteroatoms. The minimum Gasteiger partial charge on any atom is -0.381 e. The van der Waals surface area contributed by atoms with E-state index in [0.717, 1.165) is 6.42 Å². The summed E-state index contributed by atoms with van der Waals surface area (Å²) < 4.78 is 13.3. The van der Waals surface area contributed by atoms with Crippen LogP contribution in [0.15, 0.2) is 18.2 Å². The van der Waals surface area contributed by atoms with Crippen molar-refractivity contribution in [3.8, 4) is 6.07 Å². The number of anilines is 1. The summed E-state index contributed by atoms with van der Waals surface area (Å²) in [6, 6.07) is 6.76. The van der Waals surface area contributed by atoms with Crippen molar-refractivity contribution < 1.29 is 4.39 Å². The maximum absolute atomic E-state index is 13.3. The van der Waals surface area contributed by atoms with Gasteiger partial charge in [-0.2, -0.15) is 5.26 Å². The van der Waals surface area contributed by atoms with Gasteiger partial charge >= 0.3 is 0 Å². The monoisotopic (exact) mass is 220 g/mol. The fourth-order valence-corrected chi connectivity index (χ4v) is 1.79. The molecule has 0 spiro atoms. The van der Waals surface area contributed by atoms with Crippen molar-refractivity contribution in [2.45, 2.75) is 33.2 Å². The Labute approximate surface area is 96.1 Å². The molecule has 0 aliphatic rings. The molecule has 0 bridgehead atoms. The Balaban J connectivity index is 2.82. The molecule has 0 fully saturated rings. The van der Waals surface area contributed by atoms with Crippen LogP contribution in [0.2, 0.25) is 0 Å². The second-order valence-electron chi connectivity index (χ2n) is 4.45. The van der Waals surface area contributed by atoms with E-state index < -0.39 is 5.82 Å². The number of halogens is 1. The van der Waals surface area contributed by atoms with Crippen LogP contribution in [0.1, 0.15) is 32.8 Å². The number of nitriles is 1. The zero-order valence-corrected chi connectivity index (χ0v) is 9.92. The van der Waals surface area contributed by atoms with Crippen molar-refractivity contribution in [3.05, 3.63) is 29.6 Å². The highest BCUT2D eigenvalue weighted by Gasteiger charge is 2.10. The fraction of sp³-hybridized carbons (Fsp3) is 0.462. The molecule has 1 aromatic rings. The van der Waals surface area contributed by atoms with Crippen molar-refractivity contribution in [1.82, 2.24) is 0 Å². The van der Waals surface area contributed by atoms with E-state index >= 15 is 0 Å². The van der Waals surface area contributed by atoms with Crippen molar-refractivity contribution in [2.75, 3.05) is 5.32 Å². The smallest absolute Gasteiger partial charge is 0.143 e. The van der Waals surface area contributed by atoms with Gasteiger partial charge in [-0.25, -0.2) is 4.39 Å². The number of benzene rings is 1. The van der Waals surface area contributed by atoms with E-state index in [0.29, 0.717) is 11.6 Å². The van der Waals surface area contributed by atoms with Crippen LogP contribution in [0.3, 0.4) is 0 Å². The van der Waals surface area contributed by atoms with Gasteiger partial charge in [0.15, 0.2) is 0 Å². The second kappa shape index (κ2) is 5.50. The lowest BCUT2D eigenvalue weighted by Gasteiger charge is -2.18. The maximum Gasteiger partial charge on any atom is 0.143 e. The highest BCUT2D eigenvalue weighted by atomic mass is 19.1. The standard InChI is InChI=1S/C13H17FN2/c1-9(2)7-10(3)16-13-6-4-5-12(14)11(13)8-15/h4-6,9-10,16H,7H2,1-3H3. The third kappa shape index (κ3) is 3.23. The zero-order chi connectivity index (χ0) is 12.1. The van der Waals surface area contributed by atoms with Crippen LogP contribution in [0.5, 0.6) is 0 Å². The average Bonchev–Trinajstić information content (AvgIpc) is 2.16. The second-order valence-corrected chi connectivity index (χ2v) is 4.45.